The molecule has 17 heavy (non-hydrogen) atoms. The lowest BCUT2D eigenvalue weighted by molar-refractivity contribution is 0.00480. The maximum Gasteiger partial charge on any atom is 0.0600 e. The van der Waals surface area contributed by atoms with Gasteiger partial charge in [-0.2, -0.15) is 0 Å². The highest BCUT2D eigenvalue weighted by atomic mass is 16.5. The average molecular weight is 244 g/mol. The van der Waals surface area contributed by atoms with Gasteiger partial charge < -0.3 is 19.7 Å². The fourth-order valence-electron chi connectivity index (χ4n) is 2.12. The molecule has 1 N–H and O–H groups in total. The van der Waals surface area contributed by atoms with E-state index in [0.717, 1.165) is 58.8 Å². The van der Waals surface area contributed by atoms with Crippen LogP contribution in [0.15, 0.2) is 0 Å². The fraction of sp³-hybridized carbons (Fsp3) is 1.00. The second-order valence-electron chi connectivity index (χ2n) is 4.65. The van der Waals surface area contributed by atoms with E-state index < -0.39 is 0 Å². The van der Waals surface area contributed by atoms with Crippen LogP contribution in [0.1, 0.15) is 26.2 Å². The van der Waals surface area contributed by atoms with Crippen LogP contribution in [0.5, 0.6) is 0 Å². The van der Waals surface area contributed by atoms with Crippen molar-refractivity contribution in [3.8, 4) is 0 Å². The highest BCUT2D eigenvalue weighted by Gasteiger charge is 2.18. The van der Waals surface area contributed by atoms with Gasteiger partial charge in [-0.1, -0.05) is 6.92 Å². The summed E-state index contributed by atoms with van der Waals surface area (Å²) in [5.74, 6) is 0. The minimum Gasteiger partial charge on any atom is -0.383 e. The maximum atomic E-state index is 5.86. The van der Waals surface area contributed by atoms with Gasteiger partial charge in [0.05, 0.1) is 19.3 Å². The molecule has 0 bridgehead atoms. The zero-order chi connectivity index (χ0) is 12.3. The van der Waals surface area contributed by atoms with Gasteiger partial charge in [-0.25, -0.2) is 0 Å². The molecule has 1 aliphatic rings. The Morgan fingerprint density at radius 3 is 2.59 bits per heavy atom. The summed E-state index contributed by atoms with van der Waals surface area (Å²) in [5.41, 5.74) is 0. The predicted octanol–water partition coefficient (Wildman–Crippen LogP) is 1.11. The van der Waals surface area contributed by atoms with Crippen molar-refractivity contribution in [1.82, 2.24) is 10.2 Å². The summed E-state index contributed by atoms with van der Waals surface area (Å²) in [6, 6.07) is 0. The van der Waals surface area contributed by atoms with Crippen molar-refractivity contribution in [3.05, 3.63) is 0 Å². The molecule has 4 nitrogen and oxygen atoms in total. The number of nitrogens with zero attached hydrogens (tertiary/aromatic N) is 1. The van der Waals surface area contributed by atoms with E-state index in [2.05, 4.69) is 17.1 Å². The third-order valence-electron chi connectivity index (χ3n) is 3.21. The molecular formula is C13H28N2O2. The van der Waals surface area contributed by atoms with Gasteiger partial charge in [0.15, 0.2) is 0 Å². The Balaban J connectivity index is 1.95. The molecule has 0 radical (unpaired) electrons. The molecule has 1 heterocycles. The summed E-state index contributed by atoms with van der Waals surface area (Å²) in [7, 11) is 1.76. The Kier molecular flexibility index (Phi) is 8.61. The lowest BCUT2D eigenvalue weighted by Gasteiger charge is -2.31. The van der Waals surface area contributed by atoms with Gasteiger partial charge in [0.25, 0.3) is 0 Å². The van der Waals surface area contributed by atoms with E-state index in [1.165, 1.54) is 6.42 Å². The molecule has 0 aliphatic carbocycles. The van der Waals surface area contributed by atoms with E-state index in [9.17, 15) is 0 Å². The molecule has 1 aliphatic heterocycles. The lowest BCUT2D eigenvalue weighted by Crippen LogP contribution is -2.39. The quantitative estimate of drug-likeness (QED) is 0.616. The summed E-state index contributed by atoms with van der Waals surface area (Å²) in [5, 5.41) is 3.36. The molecule has 1 fully saturated rings. The van der Waals surface area contributed by atoms with Crippen LogP contribution in [0.25, 0.3) is 0 Å². The van der Waals surface area contributed by atoms with Crippen molar-refractivity contribution in [2.24, 2.45) is 0 Å². The first-order chi connectivity index (χ1) is 8.36. The zero-order valence-corrected chi connectivity index (χ0v) is 11.4. The monoisotopic (exact) mass is 244 g/mol. The van der Waals surface area contributed by atoms with Crippen LogP contribution in [0, 0.1) is 0 Å². The van der Waals surface area contributed by atoms with Crippen molar-refractivity contribution in [3.63, 3.8) is 0 Å². The third kappa shape index (κ3) is 6.99. The van der Waals surface area contributed by atoms with Crippen molar-refractivity contribution in [2.45, 2.75) is 32.3 Å². The number of hydrogen-bond acceptors (Lipinski definition) is 4. The largest absolute Gasteiger partial charge is 0.383 e. The van der Waals surface area contributed by atoms with Gasteiger partial charge in [-0.15, -0.1) is 0 Å². The number of ether oxygens (including phenoxy) is 2. The van der Waals surface area contributed by atoms with Crippen LogP contribution in [0.3, 0.4) is 0 Å². The maximum absolute atomic E-state index is 5.86. The lowest BCUT2D eigenvalue weighted by atomic mass is 10.1. The molecule has 0 spiro atoms. The van der Waals surface area contributed by atoms with E-state index in [4.69, 9.17) is 9.47 Å². The van der Waals surface area contributed by atoms with Crippen molar-refractivity contribution >= 4 is 0 Å². The Labute approximate surface area is 106 Å². The normalized spacial score (nSPS) is 18.7. The highest BCUT2D eigenvalue weighted by molar-refractivity contribution is 4.72. The number of hydrogen-bond donors (Lipinski definition) is 1. The summed E-state index contributed by atoms with van der Waals surface area (Å²) >= 11 is 0. The minimum atomic E-state index is 0.470. The topological polar surface area (TPSA) is 33.7 Å². The van der Waals surface area contributed by atoms with E-state index >= 15 is 0 Å². The van der Waals surface area contributed by atoms with Gasteiger partial charge >= 0.3 is 0 Å². The van der Waals surface area contributed by atoms with Crippen molar-refractivity contribution in [1.29, 1.82) is 0 Å². The summed E-state index contributed by atoms with van der Waals surface area (Å²) < 4.78 is 11.0. The molecular weight excluding hydrogens is 216 g/mol. The van der Waals surface area contributed by atoms with Crippen LogP contribution in [-0.4, -0.2) is 64.1 Å². The van der Waals surface area contributed by atoms with E-state index in [1.54, 1.807) is 7.11 Å². The molecule has 0 amide bonds. The minimum absolute atomic E-state index is 0.470. The van der Waals surface area contributed by atoms with Gasteiger partial charge in [0.2, 0.25) is 0 Å². The molecule has 0 aromatic carbocycles. The summed E-state index contributed by atoms with van der Waals surface area (Å²) in [4.78, 5) is 2.46. The smallest absolute Gasteiger partial charge is 0.0600 e. The molecule has 0 aromatic heterocycles. The Hall–Kier alpha value is -0.160. The Morgan fingerprint density at radius 1 is 1.18 bits per heavy atom. The molecule has 0 aromatic rings. The number of rotatable bonds is 9. The Morgan fingerprint density at radius 2 is 1.94 bits per heavy atom. The number of piperidine rings is 1. The van der Waals surface area contributed by atoms with Crippen LogP contribution < -0.4 is 5.32 Å². The second kappa shape index (κ2) is 9.83. The molecule has 0 saturated carbocycles. The molecule has 4 heteroatoms. The summed E-state index contributed by atoms with van der Waals surface area (Å²) in [6.07, 6.45) is 3.99. The first-order valence-electron chi connectivity index (χ1n) is 6.90. The highest BCUT2D eigenvalue weighted by Crippen LogP contribution is 2.12. The Bertz CT molecular complexity index is 168. The summed E-state index contributed by atoms with van der Waals surface area (Å²) in [6.45, 7) is 9.31. The van der Waals surface area contributed by atoms with Crippen LogP contribution in [-0.2, 0) is 9.47 Å². The second-order valence-corrected chi connectivity index (χ2v) is 4.65. The molecule has 1 saturated heterocycles. The first kappa shape index (κ1) is 14.9. The van der Waals surface area contributed by atoms with E-state index in [-0.39, 0.29) is 0 Å². The molecule has 102 valence electrons. The van der Waals surface area contributed by atoms with Gasteiger partial charge in [0, 0.05) is 33.3 Å². The number of likely N-dealkylation sites (tertiary alicyclic amines) is 1. The van der Waals surface area contributed by atoms with Gasteiger partial charge in [0.1, 0.15) is 0 Å². The number of nitrogens with one attached hydrogen (secondary N) is 1. The van der Waals surface area contributed by atoms with E-state index in [0.29, 0.717) is 6.10 Å². The SMILES string of the molecule is CCCNCCOC1CCN(CCOC)CC1. The van der Waals surface area contributed by atoms with Crippen molar-refractivity contribution < 1.29 is 9.47 Å². The van der Waals surface area contributed by atoms with Crippen LogP contribution in [0.2, 0.25) is 0 Å². The third-order valence-corrected chi connectivity index (χ3v) is 3.21. The standard InChI is InChI=1S/C13H28N2O2/c1-3-6-14-7-11-17-13-4-8-15(9-5-13)10-12-16-2/h13-14H,3-12H2,1-2H3. The average Bonchev–Trinajstić information content (AvgIpc) is 2.37. The van der Waals surface area contributed by atoms with Crippen LogP contribution in [0.4, 0.5) is 0 Å². The van der Waals surface area contributed by atoms with Gasteiger partial charge in [-0.05, 0) is 25.8 Å². The molecule has 0 unspecified atom stereocenters. The first-order valence-corrected chi connectivity index (χ1v) is 6.90. The molecule has 0 atom stereocenters. The fourth-order valence-corrected chi connectivity index (χ4v) is 2.12. The van der Waals surface area contributed by atoms with Crippen molar-refractivity contribution in [2.75, 3.05) is 53.0 Å². The van der Waals surface area contributed by atoms with Crippen LogP contribution >= 0.6 is 0 Å². The predicted molar refractivity (Wildman–Crippen MR) is 70.5 cm³/mol. The number of methoxy groups -OCH3 is 1. The molecule has 1 rings (SSSR count). The van der Waals surface area contributed by atoms with Gasteiger partial charge in [-0.3, -0.25) is 0 Å². The zero-order valence-electron chi connectivity index (χ0n) is 11.4. The van der Waals surface area contributed by atoms with E-state index in [1.807, 2.05) is 0 Å².